The number of nitrogens with zero attached hydrogens (tertiary/aromatic N) is 2. The lowest BCUT2D eigenvalue weighted by Crippen LogP contribution is -2.38. The van der Waals surface area contributed by atoms with Crippen LogP contribution in [0.4, 0.5) is 13.2 Å². The van der Waals surface area contributed by atoms with Gasteiger partial charge in [-0.1, -0.05) is 32.6 Å². The van der Waals surface area contributed by atoms with Crippen molar-refractivity contribution in [1.82, 2.24) is 9.80 Å². The number of hydrogen-bond acceptors (Lipinski definition) is 2. The second-order valence-electron chi connectivity index (χ2n) is 7.06. The van der Waals surface area contributed by atoms with E-state index in [0.717, 1.165) is 32.0 Å². The van der Waals surface area contributed by atoms with E-state index in [9.17, 15) is 13.2 Å². The van der Waals surface area contributed by atoms with Crippen molar-refractivity contribution >= 4 is 0 Å². The standard InChI is InChI=1S/C19H31F3N2/c1-6-8-18(19(20,21)22)17(9-12-24-10-7-11-24)14-23(5)16(4)13-15(2)3/h6,8,14-16H,1,7,9-13H2,2-5H3/b17-14-,18-8+. The first-order valence-electron chi connectivity index (χ1n) is 8.70. The molecule has 1 unspecified atom stereocenters. The Morgan fingerprint density at radius 2 is 1.88 bits per heavy atom. The van der Waals surface area contributed by atoms with Gasteiger partial charge in [-0.25, -0.2) is 0 Å². The molecule has 1 heterocycles. The normalized spacial score (nSPS) is 18.5. The highest BCUT2D eigenvalue weighted by Crippen LogP contribution is 2.33. The summed E-state index contributed by atoms with van der Waals surface area (Å²) in [5.41, 5.74) is -0.242. The summed E-state index contributed by atoms with van der Waals surface area (Å²) in [5, 5.41) is 0. The van der Waals surface area contributed by atoms with Crippen LogP contribution < -0.4 is 0 Å². The lowest BCUT2D eigenvalue weighted by molar-refractivity contribution is -0.0898. The molecule has 0 amide bonds. The van der Waals surface area contributed by atoms with E-state index in [4.69, 9.17) is 0 Å². The van der Waals surface area contributed by atoms with Crippen LogP contribution in [-0.4, -0.2) is 48.7 Å². The van der Waals surface area contributed by atoms with E-state index in [1.54, 1.807) is 6.20 Å². The minimum absolute atomic E-state index is 0.197. The smallest absolute Gasteiger partial charge is 0.377 e. The van der Waals surface area contributed by atoms with Crippen LogP contribution in [0, 0.1) is 5.92 Å². The van der Waals surface area contributed by atoms with Crippen molar-refractivity contribution in [1.29, 1.82) is 0 Å². The Bertz CT molecular complexity index is 460. The third-order valence-electron chi connectivity index (χ3n) is 4.45. The third kappa shape index (κ3) is 6.71. The van der Waals surface area contributed by atoms with Gasteiger partial charge in [-0.3, -0.25) is 0 Å². The highest BCUT2D eigenvalue weighted by atomic mass is 19.4. The molecule has 0 saturated carbocycles. The molecule has 138 valence electrons. The van der Waals surface area contributed by atoms with Crippen LogP contribution in [0.25, 0.3) is 0 Å². The Labute approximate surface area is 144 Å². The second-order valence-corrected chi connectivity index (χ2v) is 7.06. The maximum absolute atomic E-state index is 13.5. The minimum atomic E-state index is -4.36. The molecule has 1 aliphatic heterocycles. The zero-order valence-electron chi connectivity index (χ0n) is 15.4. The van der Waals surface area contributed by atoms with E-state index in [-0.39, 0.29) is 6.04 Å². The van der Waals surface area contributed by atoms with Gasteiger partial charge in [-0.05, 0) is 50.8 Å². The molecule has 0 aliphatic carbocycles. The fourth-order valence-electron chi connectivity index (χ4n) is 2.88. The molecule has 5 heteroatoms. The van der Waals surface area contributed by atoms with E-state index >= 15 is 0 Å². The number of alkyl halides is 3. The molecular weight excluding hydrogens is 313 g/mol. The Balaban J connectivity index is 2.98. The predicted octanol–water partition coefficient (Wildman–Crippen LogP) is 5.01. The molecule has 0 aromatic carbocycles. The van der Waals surface area contributed by atoms with Gasteiger partial charge < -0.3 is 9.80 Å². The van der Waals surface area contributed by atoms with Crippen LogP contribution in [0.1, 0.15) is 40.0 Å². The number of likely N-dealkylation sites (tertiary alicyclic amines) is 1. The lowest BCUT2D eigenvalue weighted by Gasteiger charge is -2.32. The van der Waals surface area contributed by atoms with Crippen LogP contribution >= 0.6 is 0 Å². The summed E-state index contributed by atoms with van der Waals surface area (Å²) in [6.45, 7) is 12.4. The molecule has 0 bridgehead atoms. The molecule has 0 spiro atoms. The summed E-state index contributed by atoms with van der Waals surface area (Å²) in [4.78, 5) is 4.10. The molecule has 1 aliphatic rings. The fourth-order valence-corrected chi connectivity index (χ4v) is 2.88. The number of halogens is 3. The monoisotopic (exact) mass is 344 g/mol. The molecule has 0 N–H and O–H groups in total. The van der Waals surface area contributed by atoms with Crippen molar-refractivity contribution in [3.63, 3.8) is 0 Å². The fraction of sp³-hybridized carbons (Fsp3) is 0.684. The first-order valence-corrected chi connectivity index (χ1v) is 8.70. The van der Waals surface area contributed by atoms with Crippen molar-refractivity contribution in [2.45, 2.75) is 52.3 Å². The summed E-state index contributed by atoms with van der Waals surface area (Å²) in [7, 11) is 1.86. The van der Waals surface area contributed by atoms with Gasteiger partial charge in [0.25, 0.3) is 0 Å². The van der Waals surface area contributed by atoms with Crippen LogP contribution in [0.15, 0.2) is 36.1 Å². The zero-order chi connectivity index (χ0) is 18.3. The SMILES string of the molecule is C=C/C=C(\C(=C/N(C)C(C)CC(C)C)CCN1CCC1)C(F)(F)F. The Hall–Kier alpha value is -1.23. The lowest BCUT2D eigenvalue weighted by atomic mass is 10.00. The summed E-state index contributed by atoms with van der Waals surface area (Å²) >= 11 is 0. The van der Waals surface area contributed by atoms with Gasteiger partial charge >= 0.3 is 6.18 Å². The molecule has 24 heavy (non-hydrogen) atoms. The van der Waals surface area contributed by atoms with Gasteiger partial charge in [0, 0.05) is 25.8 Å². The predicted molar refractivity (Wildman–Crippen MR) is 94.8 cm³/mol. The van der Waals surface area contributed by atoms with E-state index in [0.29, 0.717) is 24.5 Å². The number of allylic oxidation sites excluding steroid dienone is 3. The van der Waals surface area contributed by atoms with E-state index in [1.807, 2.05) is 18.9 Å². The summed E-state index contributed by atoms with van der Waals surface area (Å²) in [5.74, 6) is 0.506. The molecule has 1 rings (SSSR count). The van der Waals surface area contributed by atoms with Crippen molar-refractivity contribution in [2.75, 3.05) is 26.7 Å². The van der Waals surface area contributed by atoms with Crippen LogP contribution in [0.2, 0.25) is 0 Å². The Kier molecular flexibility index (Phi) is 8.07. The highest BCUT2D eigenvalue weighted by molar-refractivity contribution is 5.37. The third-order valence-corrected chi connectivity index (χ3v) is 4.45. The molecule has 0 radical (unpaired) electrons. The quantitative estimate of drug-likeness (QED) is 0.543. The maximum Gasteiger partial charge on any atom is 0.416 e. The number of hydrogen-bond donors (Lipinski definition) is 0. The van der Waals surface area contributed by atoms with Crippen molar-refractivity contribution in [2.24, 2.45) is 5.92 Å². The molecule has 1 saturated heterocycles. The van der Waals surface area contributed by atoms with Gasteiger partial charge in [0.05, 0.1) is 5.57 Å². The van der Waals surface area contributed by atoms with Gasteiger partial charge in [0.1, 0.15) is 0 Å². The highest BCUT2D eigenvalue weighted by Gasteiger charge is 2.35. The summed E-state index contributed by atoms with van der Waals surface area (Å²) in [6, 6.07) is 0.197. The number of rotatable bonds is 9. The Morgan fingerprint density at radius 1 is 1.25 bits per heavy atom. The van der Waals surface area contributed by atoms with E-state index < -0.39 is 11.7 Å². The molecule has 0 aromatic heterocycles. The van der Waals surface area contributed by atoms with Crippen molar-refractivity contribution < 1.29 is 13.2 Å². The average molecular weight is 344 g/mol. The zero-order valence-corrected chi connectivity index (χ0v) is 15.4. The summed E-state index contributed by atoms with van der Waals surface area (Å²) < 4.78 is 40.4. The van der Waals surface area contributed by atoms with E-state index in [2.05, 4.69) is 25.3 Å². The van der Waals surface area contributed by atoms with Gasteiger partial charge in [0.15, 0.2) is 0 Å². The maximum atomic E-state index is 13.5. The molecule has 2 nitrogen and oxygen atoms in total. The van der Waals surface area contributed by atoms with Crippen LogP contribution in [0.5, 0.6) is 0 Å². The second kappa shape index (κ2) is 9.30. The summed E-state index contributed by atoms with van der Waals surface area (Å²) in [6.07, 6.45) is 2.10. The largest absolute Gasteiger partial charge is 0.416 e. The van der Waals surface area contributed by atoms with Crippen LogP contribution in [-0.2, 0) is 0 Å². The van der Waals surface area contributed by atoms with Crippen LogP contribution in [0.3, 0.4) is 0 Å². The molecule has 1 atom stereocenters. The molecular formula is C19H31F3N2. The van der Waals surface area contributed by atoms with Crippen molar-refractivity contribution in [3.8, 4) is 0 Å². The van der Waals surface area contributed by atoms with Crippen molar-refractivity contribution in [3.05, 3.63) is 36.1 Å². The van der Waals surface area contributed by atoms with Gasteiger partial charge in [-0.15, -0.1) is 0 Å². The topological polar surface area (TPSA) is 6.48 Å². The Morgan fingerprint density at radius 3 is 2.29 bits per heavy atom. The minimum Gasteiger partial charge on any atom is -0.377 e. The van der Waals surface area contributed by atoms with E-state index in [1.165, 1.54) is 6.08 Å². The molecule has 1 fully saturated rings. The first-order chi connectivity index (χ1) is 11.1. The van der Waals surface area contributed by atoms with Gasteiger partial charge in [0.2, 0.25) is 0 Å². The average Bonchev–Trinajstić information content (AvgIpc) is 2.39. The first kappa shape index (κ1) is 20.8. The van der Waals surface area contributed by atoms with Gasteiger partial charge in [-0.2, -0.15) is 13.2 Å². The molecule has 0 aromatic rings.